The van der Waals surface area contributed by atoms with Crippen LogP contribution in [-0.2, 0) is 19.7 Å². The van der Waals surface area contributed by atoms with Crippen LogP contribution in [0.1, 0.15) is 24.8 Å². The van der Waals surface area contributed by atoms with Crippen molar-refractivity contribution in [1.29, 1.82) is 0 Å². The summed E-state index contributed by atoms with van der Waals surface area (Å²) >= 11 is 0. The molecule has 0 aliphatic heterocycles. The Morgan fingerprint density at radius 1 is 0.895 bits per heavy atom. The van der Waals surface area contributed by atoms with Crippen LogP contribution in [0.3, 0.4) is 0 Å². The molecule has 3 nitrogen and oxygen atoms in total. The second-order valence-corrected chi connectivity index (χ2v) is 7.57. The van der Waals surface area contributed by atoms with Crippen LogP contribution >= 0.6 is 0 Å². The number of halogens is 1. The summed E-state index contributed by atoms with van der Waals surface area (Å²) in [7, 11) is 2.51. The Labute approximate surface area is 116 Å². The first-order valence-corrected chi connectivity index (χ1v) is 8.49. The first-order chi connectivity index (χ1) is 9.15. The average molecular weight is 286 g/mol. The third-order valence-electron chi connectivity index (χ3n) is 3.29. The molecule has 5 heteroatoms. The number of hydrogen-bond acceptors (Lipinski definition) is 3. The molecule has 0 radical (unpaired) electrons. The molecule has 0 aliphatic rings. The van der Waals surface area contributed by atoms with E-state index in [0.717, 1.165) is 31.7 Å². The van der Waals surface area contributed by atoms with Gasteiger partial charge in [-0.1, -0.05) is 18.6 Å². The van der Waals surface area contributed by atoms with Crippen molar-refractivity contribution in [2.24, 2.45) is 0 Å². The Bertz CT molecular complexity index is 344. The van der Waals surface area contributed by atoms with Crippen LogP contribution in [0.5, 0.6) is 0 Å². The van der Waals surface area contributed by atoms with Gasteiger partial charge >= 0.3 is 8.80 Å². The molecule has 0 saturated carbocycles. The first-order valence-electron chi connectivity index (χ1n) is 6.55. The van der Waals surface area contributed by atoms with Gasteiger partial charge < -0.3 is 13.3 Å². The van der Waals surface area contributed by atoms with Gasteiger partial charge in [-0.05, 0) is 37.0 Å². The quantitative estimate of drug-likeness (QED) is 0.514. The number of aryl methyl sites for hydroxylation is 1. The maximum absolute atomic E-state index is 12.7. The predicted molar refractivity (Wildman–Crippen MR) is 75.5 cm³/mol. The monoisotopic (exact) mass is 286 g/mol. The molecule has 0 heterocycles. The Kier molecular flexibility index (Phi) is 7.23. The fraction of sp³-hybridized carbons (Fsp3) is 0.571. The van der Waals surface area contributed by atoms with Crippen molar-refractivity contribution in [2.75, 3.05) is 21.3 Å². The zero-order chi connectivity index (χ0) is 14.1. The van der Waals surface area contributed by atoms with Gasteiger partial charge in [0.15, 0.2) is 0 Å². The Balaban J connectivity index is 2.22. The fourth-order valence-corrected chi connectivity index (χ4v) is 3.85. The molecule has 1 rings (SSSR count). The highest BCUT2D eigenvalue weighted by molar-refractivity contribution is 6.60. The molecule has 0 aliphatic carbocycles. The van der Waals surface area contributed by atoms with Crippen molar-refractivity contribution >= 4 is 8.80 Å². The fourth-order valence-electron chi connectivity index (χ4n) is 2.05. The van der Waals surface area contributed by atoms with Crippen molar-refractivity contribution in [1.82, 2.24) is 0 Å². The molecule has 1 aromatic carbocycles. The normalized spacial score (nSPS) is 11.8. The van der Waals surface area contributed by atoms with Gasteiger partial charge in [-0.15, -0.1) is 0 Å². The summed E-state index contributed by atoms with van der Waals surface area (Å²) in [5.41, 5.74) is 1.18. The van der Waals surface area contributed by atoms with E-state index in [-0.39, 0.29) is 5.82 Å². The minimum Gasteiger partial charge on any atom is -0.377 e. The zero-order valence-corrected chi connectivity index (χ0v) is 12.9. The molecule has 19 heavy (non-hydrogen) atoms. The molecule has 0 bridgehead atoms. The smallest absolute Gasteiger partial charge is 0.377 e. The summed E-state index contributed by atoms with van der Waals surface area (Å²) in [5, 5.41) is 0. The van der Waals surface area contributed by atoms with Crippen LogP contribution in [0.15, 0.2) is 24.3 Å². The summed E-state index contributed by atoms with van der Waals surface area (Å²) in [5.74, 6) is -0.181. The molecular weight excluding hydrogens is 263 g/mol. The van der Waals surface area contributed by atoms with Gasteiger partial charge in [0.1, 0.15) is 5.82 Å². The van der Waals surface area contributed by atoms with Crippen molar-refractivity contribution in [2.45, 2.75) is 31.7 Å². The lowest BCUT2D eigenvalue weighted by Gasteiger charge is -2.24. The van der Waals surface area contributed by atoms with Crippen LogP contribution in [-0.4, -0.2) is 30.1 Å². The lowest BCUT2D eigenvalue weighted by Crippen LogP contribution is -2.42. The van der Waals surface area contributed by atoms with Crippen LogP contribution in [0.4, 0.5) is 4.39 Å². The minimum atomic E-state index is -2.40. The molecule has 108 valence electrons. The molecule has 0 atom stereocenters. The third kappa shape index (κ3) is 5.40. The molecule has 0 amide bonds. The largest absolute Gasteiger partial charge is 0.500 e. The van der Waals surface area contributed by atoms with E-state index in [1.54, 1.807) is 21.3 Å². The van der Waals surface area contributed by atoms with Crippen LogP contribution in [0, 0.1) is 5.82 Å². The Morgan fingerprint density at radius 3 is 2.00 bits per heavy atom. The van der Waals surface area contributed by atoms with E-state index >= 15 is 0 Å². The average Bonchev–Trinajstić information content (AvgIpc) is 2.45. The predicted octanol–water partition coefficient (Wildman–Crippen LogP) is 3.42. The number of rotatable bonds is 9. The van der Waals surface area contributed by atoms with E-state index in [0.29, 0.717) is 0 Å². The highest BCUT2D eigenvalue weighted by atomic mass is 28.4. The van der Waals surface area contributed by atoms with Gasteiger partial charge in [0.2, 0.25) is 0 Å². The standard InChI is InChI=1S/C14H23FO3Si/c1-16-19(17-2,18-3)12-6-4-5-7-13-8-10-14(15)11-9-13/h8-11H,4-7,12H2,1-3H3. The summed E-state index contributed by atoms with van der Waals surface area (Å²) in [6.07, 6.45) is 4.15. The molecule has 0 saturated heterocycles. The van der Waals surface area contributed by atoms with Gasteiger partial charge in [0.05, 0.1) is 0 Å². The van der Waals surface area contributed by atoms with E-state index in [9.17, 15) is 4.39 Å². The van der Waals surface area contributed by atoms with E-state index in [1.165, 1.54) is 17.7 Å². The molecule has 0 aromatic heterocycles. The molecule has 0 spiro atoms. The Morgan fingerprint density at radius 2 is 1.47 bits per heavy atom. The number of benzene rings is 1. The summed E-state index contributed by atoms with van der Waals surface area (Å²) in [6, 6.07) is 7.53. The molecular formula is C14H23FO3Si. The van der Waals surface area contributed by atoms with Gasteiger partial charge in [0, 0.05) is 27.4 Å². The number of unbranched alkanes of at least 4 members (excludes halogenated alkanes) is 2. The van der Waals surface area contributed by atoms with Gasteiger partial charge in [-0.25, -0.2) is 4.39 Å². The SMILES string of the molecule is CO[Si](CCCCCc1ccc(F)cc1)(OC)OC. The van der Waals surface area contributed by atoms with Crippen LogP contribution in [0.2, 0.25) is 6.04 Å². The first kappa shape index (κ1) is 16.3. The van der Waals surface area contributed by atoms with E-state index in [1.807, 2.05) is 12.1 Å². The van der Waals surface area contributed by atoms with Crippen molar-refractivity contribution < 1.29 is 17.7 Å². The van der Waals surface area contributed by atoms with Crippen molar-refractivity contribution in [3.63, 3.8) is 0 Å². The zero-order valence-electron chi connectivity index (χ0n) is 11.9. The summed E-state index contributed by atoms with van der Waals surface area (Å²) in [4.78, 5) is 0. The van der Waals surface area contributed by atoms with Crippen LogP contribution in [0.25, 0.3) is 0 Å². The van der Waals surface area contributed by atoms with Gasteiger partial charge in [0.25, 0.3) is 0 Å². The minimum absolute atomic E-state index is 0.181. The molecule has 0 fully saturated rings. The summed E-state index contributed by atoms with van der Waals surface area (Å²) < 4.78 is 28.8. The molecule has 0 N–H and O–H groups in total. The second kappa shape index (κ2) is 8.42. The van der Waals surface area contributed by atoms with Crippen molar-refractivity contribution in [3.8, 4) is 0 Å². The van der Waals surface area contributed by atoms with E-state index < -0.39 is 8.80 Å². The van der Waals surface area contributed by atoms with E-state index in [4.69, 9.17) is 13.3 Å². The lowest BCUT2D eigenvalue weighted by atomic mass is 10.1. The van der Waals surface area contributed by atoms with Gasteiger partial charge in [-0.2, -0.15) is 0 Å². The highest BCUT2D eigenvalue weighted by Gasteiger charge is 2.36. The lowest BCUT2D eigenvalue weighted by molar-refractivity contribution is 0.122. The topological polar surface area (TPSA) is 27.7 Å². The maximum atomic E-state index is 12.7. The second-order valence-electron chi connectivity index (χ2n) is 4.48. The Hall–Kier alpha value is -0.753. The molecule has 0 unspecified atom stereocenters. The van der Waals surface area contributed by atoms with Gasteiger partial charge in [-0.3, -0.25) is 0 Å². The maximum Gasteiger partial charge on any atom is 0.500 e. The number of hydrogen-bond donors (Lipinski definition) is 0. The summed E-state index contributed by atoms with van der Waals surface area (Å²) in [6.45, 7) is 0. The highest BCUT2D eigenvalue weighted by Crippen LogP contribution is 2.18. The third-order valence-corrected chi connectivity index (χ3v) is 6.13. The molecule has 1 aromatic rings. The van der Waals surface area contributed by atoms with E-state index in [2.05, 4.69) is 0 Å². The van der Waals surface area contributed by atoms with Crippen LogP contribution < -0.4 is 0 Å². The van der Waals surface area contributed by atoms with Crippen molar-refractivity contribution in [3.05, 3.63) is 35.6 Å².